The monoisotopic (exact) mass is 373 g/mol. The SMILES string of the molecule is CS(=O)(=O)N1CCN(C(=O)NC(c2ccccc2)c2ccccc2)CC1. The molecule has 0 radical (unpaired) electrons. The molecule has 6 nitrogen and oxygen atoms in total. The second-order valence-corrected chi connectivity index (χ2v) is 8.34. The Kier molecular flexibility index (Phi) is 5.58. The lowest BCUT2D eigenvalue weighted by Gasteiger charge is -2.34. The van der Waals surface area contributed by atoms with Crippen LogP contribution in [-0.2, 0) is 10.0 Å². The molecule has 0 aliphatic carbocycles. The number of rotatable bonds is 4. The van der Waals surface area contributed by atoms with E-state index in [9.17, 15) is 13.2 Å². The van der Waals surface area contributed by atoms with Gasteiger partial charge in [0.05, 0.1) is 12.3 Å². The molecule has 0 spiro atoms. The summed E-state index contributed by atoms with van der Waals surface area (Å²) in [6.45, 7) is 1.42. The Bertz CT molecular complexity index is 793. The Morgan fingerprint density at radius 1 is 0.885 bits per heavy atom. The summed E-state index contributed by atoms with van der Waals surface area (Å²) in [5, 5.41) is 3.09. The van der Waals surface area contributed by atoms with Gasteiger partial charge in [0.2, 0.25) is 10.0 Å². The fourth-order valence-corrected chi connectivity index (χ4v) is 3.91. The molecule has 1 saturated heterocycles. The fraction of sp³-hybridized carbons (Fsp3) is 0.316. The van der Waals surface area contributed by atoms with Crippen molar-refractivity contribution in [2.24, 2.45) is 0 Å². The van der Waals surface area contributed by atoms with E-state index >= 15 is 0 Å². The Hall–Kier alpha value is -2.38. The van der Waals surface area contributed by atoms with Crippen LogP contribution in [0.4, 0.5) is 4.79 Å². The normalized spacial score (nSPS) is 15.8. The second kappa shape index (κ2) is 7.88. The molecule has 2 amide bonds. The quantitative estimate of drug-likeness (QED) is 0.892. The van der Waals surface area contributed by atoms with Crippen LogP contribution in [0.3, 0.4) is 0 Å². The van der Waals surface area contributed by atoms with Gasteiger partial charge < -0.3 is 10.2 Å². The maximum Gasteiger partial charge on any atom is 0.318 e. The molecule has 1 aliphatic rings. The van der Waals surface area contributed by atoms with Gasteiger partial charge in [-0.25, -0.2) is 13.2 Å². The van der Waals surface area contributed by atoms with Gasteiger partial charge in [0, 0.05) is 26.2 Å². The Morgan fingerprint density at radius 2 is 1.35 bits per heavy atom. The number of carbonyl (C=O) groups is 1. The molecule has 1 fully saturated rings. The predicted octanol–water partition coefficient (Wildman–Crippen LogP) is 2.06. The minimum absolute atomic E-state index is 0.184. The van der Waals surface area contributed by atoms with Crippen LogP contribution in [0.1, 0.15) is 17.2 Å². The fourth-order valence-electron chi connectivity index (χ4n) is 3.09. The summed E-state index contributed by atoms with van der Waals surface area (Å²) in [4.78, 5) is 14.4. The number of benzene rings is 2. The number of carbonyl (C=O) groups excluding carboxylic acids is 1. The third-order valence-corrected chi connectivity index (χ3v) is 5.83. The van der Waals surface area contributed by atoms with Crippen molar-refractivity contribution in [3.05, 3.63) is 71.8 Å². The van der Waals surface area contributed by atoms with Gasteiger partial charge in [0.25, 0.3) is 0 Å². The molecule has 0 unspecified atom stereocenters. The van der Waals surface area contributed by atoms with Gasteiger partial charge in [-0.05, 0) is 11.1 Å². The summed E-state index contributed by atoms with van der Waals surface area (Å²) in [6, 6.07) is 19.2. The predicted molar refractivity (Wildman–Crippen MR) is 101 cm³/mol. The smallest absolute Gasteiger partial charge is 0.318 e. The van der Waals surface area contributed by atoms with Crippen LogP contribution in [-0.4, -0.2) is 56.1 Å². The number of amides is 2. The van der Waals surface area contributed by atoms with Crippen LogP contribution in [0, 0.1) is 0 Å². The number of nitrogens with one attached hydrogen (secondary N) is 1. The van der Waals surface area contributed by atoms with Gasteiger partial charge in [0.1, 0.15) is 0 Å². The van der Waals surface area contributed by atoms with Crippen molar-refractivity contribution in [2.75, 3.05) is 32.4 Å². The minimum atomic E-state index is -3.21. The number of piperazine rings is 1. The van der Waals surface area contributed by atoms with Gasteiger partial charge in [-0.15, -0.1) is 0 Å². The third kappa shape index (κ3) is 4.42. The first-order valence-electron chi connectivity index (χ1n) is 8.55. The van der Waals surface area contributed by atoms with E-state index in [1.165, 1.54) is 10.6 Å². The first-order valence-corrected chi connectivity index (χ1v) is 10.4. The highest BCUT2D eigenvalue weighted by Crippen LogP contribution is 2.22. The molecule has 3 rings (SSSR count). The summed E-state index contributed by atoms with van der Waals surface area (Å²) in [5.74, 6) is 0. The molecule has 2 aromatic rings. The average Bonchev–Trinajstić information content (AvgIpc) is 2.67. The summed E-state index contributed by atoms with van der Waals surface area (Å²) in [7, 11) is -3.21. The molecule has 1 N–H and O–H groups in total. The Morgan fingerprint density at radius 3 is 1.77 bits per heavy atom. The summed E-state index contributed by atoms with van der Waals surface area (Å²) >= 11 is 0. The first-order chi connectivity index (χ1) is 12.4. The molecule has 0 atom stereocenters. The Labute approximate surface area is 154 Å². The number of sulfonamides is 1. The van der Waals surface area contributed by atoms with Gasteiger partial charge >= 0.3 is 6.03 Å². The molecule has 1 heterocycles. The van der Waals surface area contributed by atoms with E-state index in [-0.39, 0.29) is 12.1 Å². The van der Waals surface area contributed by atoms with Crippen LogP contribution in [0.15, 0.2) is 60.7 Å². The topological polar surface area (TPSA) is 69.7 Å². The molecule has 1 aliphatic heterocycles. The molecule has 2 aromatic carbocycles. The van der Waals surface area contributed by atoms with Crippen LogP contribution in [0.25, 0.3) is 0 Å². The second-order valence-electron chi connectivity index (χ2n) is 6.35. The van der Waals surface area contributed by atoms with Gasteiger partial charge in [-0.3, -0.25) is 0 Å². The lowest BCUT2D eigenvalue weighted by Crippen LogP contribution is -2.53. The molecule has 7 heteroatoms. The third-order valence-electron chi connectivity index (χ3n) is 4.53. The number of hydrogen-bond donors (Lipinski definition) is 1. The highest BCUT2D eigenvalue weighted by molar-refractivity contribution is 7.88. The van der Waals surface area contributed by atoms with E-state index in [1.807, 2.05) is 60.7 Å². The van der Waals surface area contributed by atoms with Crippen LogP contribution < -0.4 is 5.32 Å². The van der Waals surface area contributed by atoms with Gasteiger partial charge in [0.15, 0.2) is 0 Å². The van der Waals surface area contributed by atoms with E-state index in [1.54, 1.807) is 4.90 Å². The molecular formula is C19H23N3O3S. The molecule has 0 saturated carbocycles. The molecule has 0 aromatic heterocycles. The number of hydrogen-bond acceptors (Lipinski definition) is 3. The van der Waals surface area contributed by atoms with Crippen LogP contribution in [0.5, 0.6) is 0 Å². The maximum atomic E-state index is 12.8. The highest BCUT2D eigenvalue weighted by Gasteiger charge is 2.27. The van der Waals surface area contributed by atoms with Crippen LogP contribution >= 0.6 is 0 Å². The zero-order valence-electron chi connectivity index (χ0n) is 14.7. The first kappa shape index (κ1) is 18.4. The molecule has 26 heavy (non-hydrogen) atoms. The van der Waals surface area contributed by atoms with Gasteiger partial charge in [-0.1, -0.05) is 60.7 Å². The lowest BCUT2D eigenvalue weighted by atomic mass is 9.99. The van der Waals surface area contributed by atoms with Crippen molar-refractivity contribution in [3.63, 3.8) is 0 Å². The minimum Gasteiger partial charge on any atom is -0.327 e. The zero-order chi connectivity index (χ0) is 18.6. The van der Waals surface area contributed by atoms with Crippen LogP contribution in [0.2, 0.25) is 0 Å². The van der Waals surface area contributed by atoms with Crippen molar-refractivity contribution in [1.82, 2.24) is 14.5 Å². The van der Waals surface area contributed by atoms with E-state index in [2.05, 4.69) is 5.32 Å². The van der Waals surface area contributed by atoms with Crippen molar-refractivity contribution >= 4 is 16.1 Å². The van der Waals surface area contributed by atoms with Crippen molar-refractivity contribution in [1.29, 1.82) is 0 Å². The summed E-state index contributed by atoms with van der Waals surface area (Å²) < 4.78 is 24.6. The molecule has 0 bridgehead atoms. The van der Waals surface area contributed by atoms with E-state index in [0.29, 0.717) is 26.2 Å². The average molecular weight is 373 g/mol. The van der Waals surface area contributed by atoms with E-state index in [4.69, 9.17) is 0 Å². The van der Waals surface area contributed by atoms with Gasteiger partial charge in [-0.2, -0.15) is 4.31 Å². The number of nitrogens with zero attached hydrogens (tertiary/aromatic N) is 2. The maximum absolute atomic E-state index is 12.8. The van der Waals surface area contributed by atoms with Crippen molar-refractivity contribution < 1.29 is 13.2 Å². The summed E-state index contributed by atoms with van der Waals surface area (Å²) in [6.07, 6.45) is 1.20. The van der Waals surface area contributed by atoms with E-state index in [0.717, 1.165) is 11.1 Å². The zero-order valence-corrected chi connectivity index (χ0v) is 15.5. The summed E-state index contributed by atoms with van der Waals surface area (Å²) in [5.41, 5.74) is 2.00. The van der Waals surface area contributed by atoms with Crippen molar-refractivity contribution in [2.45, 2.75) is 6.04 Å². The molecule has 138 valence electrons. The number of urea groups is 1. The standard InChI is InChI=1S/C19H23N3O3S/c1-26(24,25)22-14-12-21(13-15-22)19(23)20-18(16-8-4-2-5-9-16)17-10-6-3-7-11-17/h2-11,18H,12-15H2,1H3,(H,20,23). The lowest BCUT2D eigenvalue weighted by molar-refractivity contribution is 0.170. The Balaban J connectivity index is 1.73. The largest absolute Gasteiger partial charge is 0.327 e. The molecular weight excluding hydrogens is 350 g/mol. The van der Waals surface area contributed by atoms with E-state index < -0.39 is 10.0 Å². The van der Waals surface area contributed by atoms with Crippen molar-refractivity contribution in [3.8, 4) is 0 Å². The highest BCUT2D eigenvalue weighted by atomic mass is 32.2.